The van der Waals surface area contributed by atoms with Gasteiger partial charge in [0, 0.05) is 25.8 Å². The van der Waals surface area contributed by atoms with Gasteiger partial charge >= 0.3 is 5.97 Å². The van der Waals surface area contributed by atoms with Crippen molar-refractivity contribution in [2.24, 2.45) is 5.92 Å². The van der Waals surface area contributed by atoms with Crippen LogP contribution >= 0.6 is 0 Å². The number of nitriles is 1. The lowest BCUT2D eigenvalue weighted by Crippen LogP contribution is -2.41. The molecule has 0 radical (unpaired) electrons. The van der Waals surface area contributed by atoms with E-state index in [1.54, 1.807) is 4.90 Å². The van der Waals surface area contributed by atoms with Gasteiger partial charge in [0.25, 0.3) is 5.91 Å². The Hall–Kier alpha value is -2.07. The van der Waals surface area contributed by atoms with Gasteiger partial charge < -0.3 is 20.2 Å². The zero-order valence-electron chi connectivity index (χ0n) is 13.2. The minimum absolute atomic E-state index is 0.0682. The van der Waals surface area contributed by atoms with Crippen LogP contribution in [0.5, 0.6) is 0 Å². The molecule has 0 bridgehead atoms. The maximum atomic E-state index is 12.2. The molecule has 1 aliphatic rings. The lowest BCUT2D eigenvalue weighted by molar-refractivity contribution is -0.145. The molecule has 0 atom stereocenters. The molecule has 1 aliphatic heterocycles. The second-order valence-corrected chi connectivity index (χ2v) is 5.69. The normalized spacial score (nSPS) is 16.5. The van der Waals surface area contributed by atoms with Crippen LogP contribution in [0, 0.1) is 17.2 Å². The van der Waals surface area contributed by atoms with Crippen molar-refractivity contribution >= 4 is 11.9 Å². The number of carbonyl (C=O) groups excluding carboxylic acids is 1. The van der Waals surface area contributed by atoms with Gasteiger partial charge in [-0.25, -0.2) is 0 Å². The number of likely N-dealkylation sites (tertiary alicyclic amines) is 1. The highest BCUT2D eigenvalue weighted by Gasteiger charge is 2.28. The molecule has 2 N–H and O–H groups in total. The third-order valence-electron chi connectivity index (χ3n) is 3.66. The van der Waals surface area contributed by atoms with Gasteiger partial charge in [0.2, 0.25) is 0 Å². The van der Waals surface area contributed by atoms with E-state index in [2.05, 4.69) is 10.2 Å². The summed E-state index contributed by atoms with van der Waals surface area (Å²) in [5.74, 6) is -1.53. The Balaban J connectivity index is 2.44. The third kappa shape index (κ3) is 5.74. The predicted molar refractivity (Wildman–Crippen MR) is 81.8 cm³/mol. The summed E-state index contributed by atoms with van der Waals surface area (Å²) in [5.41, 5.74) is 0.0682. The van der Waals surface area contributed by atoms with Gasteiger partial charge in [-0.05, 0) is 39.9 Å². The van der Waals surface area contributed by atoms with E-state index >= 15 is 0 Å². The molecular weight excluding hydrogens is 284 g/mol. The Bertz CT molecular complexity index is 460. The number of hydrogen-bond acceptors (Lipinski definition) is 5. The first kappa shape index (κ1) is 18.0. The molecule has 22 heavy (non-hydrogen) atoms. The fraction of sp³-hybridized carbons (Fsp3) is 0.667. The largest absolute Gasteiger partial charge is 0.481 e. The standard InChI is InChI=1S/C15H24N4O3/c1-18(2)7-3-6-17-11-13(10-16)14(20)19-8-4-12(5-9-19)15(21)22/h11-12,17H,3-9H2,1-2H3,(H,21,22)/b13-11-. The van der Waals surface area contributed by atoms with E-state index in [4.69, 9.17) is 10.4 Å². The SMILES string of the molecule is CN(C)CCCN/C=C(/C#N)C(=O)N1CCC(C(=O)O)CC1. The molecule has 0 aromatic heterocycles. The molecular formula is C15H24N4O3. The number of rotatable bonds is 7. The number of hydrogen-bond donors (Lipinski definition) is 2. The first-order valence-corrected chi connectivity index (χ1v) is 7.46. The summed E-state index contributed by atoms with van der Waals surface area (Å²) in [6, 6.07) is 1.91. The van der Waals surface area contributed by atoms with Crippen molar-refractivity contribution < 1.29 is 14.7 Å². The Morgan fingerprint density at radius 1 is 1.41 bits per heavy atom. The number of amides is 1. The molecule has 7 nitrogen and oxygen atoms in total. The molecule has 7 heteroatoms. The van der Waals surface area contributed by atoms with Crippen LogP contribution in [0.2, 0.25) is 0 Å². The van der Waals surface area contributed by atoms with Crippen LogP contribution in [0.25, 0.3) is 0 Å². The van der Waals surface area contributed by atoms with E-state index in [0.29, 0.717) is 32.5 Å². The Morgan fingerprint density at radius 3 is 2.55 bits per heavy atom. The highest BCUT2D eigenvalue weighted by atomic mass is 16.4. The summed E-state index contributed by atoms with van der Waals surface area (Å²) in [5, 5.41) is 21.0. The van der Waals surface area contributed by atoms with E-state index in [-0.39, 0.29) is 17.4 Å². The zero-order chi connectivity index (χ0) is 16.5. The van der Waals surface area contributed by atoms with Crippen molar-refractivity contribution in [2.75, 3.05) is 40.3 Å². The second-order valence-electron chi connectivity index (χ2n) is 5.69. The van der Waals surface area contributed by atoms with Crippen LogP contribution in [-0.2, 0) is 9.59 Å². The quantitative estimate of drug-likeness (QED) is 0.398. The van der Waals surface area contributed by atoms with Crippen molar-refractivity contribution in [3.05, 3.63) is 11.8 Å². The molecule has 122 valence electrons. The van der Waals surface area contributed by atoms with Gasteiger partial charge in [-0.2, -0.15) is 5.26 Å². The van der Waals surface area contributed by atoms with Crippen molar-refractivity contribution in [1.29, 1.82) is 5.26 Å². The zero-order valence-corrected chi connectivity index (χ0v) is 13.2. The smallest absolute Gasteiger partial charge is 0.306 e. The van der Waals surface area contributed by atoms with Gasteiger partial charge in [-0.1, -0.05) is 0 Å². The van der Waals surface area contributed by atoms with Crippen molar-refractivity contribution in [1.82, 2.24) is 15.1 Å². The van der Waals surface area contributed by atoms with E-state index in [9.17, 15) is 9.59 Å². The van der Waals surface area contributed by atoms with Crippen LogP contribution < -0.4 is 5.32 Å². The molecule has 1 heterocycles. The van der Waals surface area contributed by atoms with Crippen LogP contribution in [0.15, 0.2) is 11.8 Å². The Morgan fingerprint density at radius 2 is 2.05 bits per heavy atom. The van der Waals surface area contributed by atoms with Crippen molar-refractivity contribution in [2.45, 2.75) is 19.3 Å². The fourth-order valence-corrected chi connectivity index (χ4v) is 2.31. The lowest BCUT2D eigenvalue weighted by Gasteiger charge is -2.29. The van der Waals surface area contributed by atoms with Crippen LogP contribution in [-0.4, -0.2) is 67.1 Å². The number of carboxylic acids is 1. The van der Waals surface area contributed by atoms with Crippen LogP contribution in [0.4, 0.5) is 0 Å². The third-order valence-corrected chi connectivity index (χ3v) is 3.66. The van der Waals surface area contributed by atoms with E-state index in [1.165, 1.54) is 6.20 Å². The average molecular weight is 308 g/mol. The summed E-state index contributed by atoms with van der Waals surface area (Å²) < 4.78 is 0. The summed E-state index contributed by atoms with van der Waals surface area (Å²) in [6.07, 6.45) is 3.26. The van der Waals surface area contributed by atoms with Gasteiger partial charge in [-0.3, -0.25) is 9.59 Å². The number of nitrogens with zero attached hydrogens (tertiary/aromatic N) is 3. The number of aliphatic carboxylic acids is 1. The molecule has 1 amide bonds. The van der Waals surface area contributed by atoms with Crippen molar-refractivity contribution in [3.8, 4) is 6.07 Å². The monoisotopic (exact) mass is 308 g/mol. The molecule has 0 saturated carbocycles. The molecule has 1 saturated heterocycles. The summed E-state index contributed by atoms with van der Waals surface area (Å²) in [7, 11) is 3.97. The molecule has 0 aromatic rings. The Labute approximate surface area is 131 Å². The van der Waals surface area contributed by atoms with E-state index < -0.39 is 5.97 Å². The first-order chi connectivity index (χ1) is 10.5. The lowest BCUT2D eigenvalue weighted by atomic mass is 9.97. The van der Waals surface area contributed by atoms with E-state index in [0.717, 1.165) is 13.0 Å². The number of carboxylic acid groups (broad SMARTS) is 1. The highest BCUT2D eigenvalue weighted by molar-refractivity contribution is 5.97. The minimum Gasteiger partial charge on any atom is -0.481 e. The maximum absolute atomic E-state index is 12.2. The maximum Gasteiger partial charge on any atom is 0.306 e. The van der Waals surface area contributed by atoms with E-state index in [1.807, 2.05) is 20.2 Å². The number of piperidine rings is 1. The summed E-state index contributed by atoms with van der Waals surface area (Å²) in [4.78, 5) is 26.7. The first-order valence-electron chi connectivity index (χ1n) is 7.46. The molecule has 0 aromatic carbocycles. The predicted octanol–water partition coefficient (Wildman–Crippen LogP) is 0.258. The Kier molecular flexibility index (Phi) is 7.40. The second kappa shape index (κ2) is 9.05. The highest BCUT2D eigenvalue weighted by Crippen LogP contribution is 2.18. The van der Waals surface area contributed by atoms with Crippen LogP contribution in [0.1, 0.15) is 19.3 Å². The molecule has 0 aliphatic carbocycles. The summed E-state index contributed by atoms with van der Waals surface area (Å²) >= 11 is 0. The molecule has 1 rings (SSSR count). The van der Waals surface area contributed by atoms with Gasteiger partial charge in [0.15, 0.2) is 0 Å². The van der Waals surface area contributed by atoms with Crippen molar-refractivity contribution in [3.63, 3.8) is 0 Å². The fourth-order valence-electron chi connectivity index (χ4n) is 2.31. The average Bonchev–Trinajstić information content (AvgIpc) is 2.50. The van der Waals surface area contributed by atoms with Gasteiger partial charge in [0.05, 0.1) is 5.92 Å². The molecule has 0 spiro atoms. The topological polar surface area (TPSA) is 96.7 Å². The molecule has 1 fully saturated rings. The van der Waals surface area contributed by atoms with Gasteiger partial charge in [0.1, 0.15) is 11.6 Å². The van der Waals surface area contributed by atoms with Crippen LogP contribution in [0.3, 0.4) is 0 Å². The number of nitrogens with one attached hydrogen (secondary N) is 1. The van der Waals surface area contributed by atoms with Gasteiger partial charge in [-0.15, -0.1) is 0 Å². The summed E-state index contributed by atoms with van der Waals surface area (Å²) in [6.45, 7) is 2.39. The number of carbonyl (C=O) groups is 2. The minimum atomic E-state index is -0.814. The molecule has 0 unspecified atom stereocenters.